The predicted octanol–water partition coefficient (Wildman–Crippen LogP) is 4.55. The van der Waals surface area contributed by atoms with Crippen LogP contribution >= 0.6 is 0 Å². The van der Waals surface area contributed by atoms with Gasteiger partial charge in [0.15, 0.2) is 0 Å². The van der Waals surface area contributed by atoms with Crippen molar-refractivity contribution < 1.29 is 13.2 Å². The fourth-order valence-electron chi connectivity index (χ4n) is 2.62. The van der Waals surface area contributed by atoms with Crippen molar-refractivity contribution in [2.24, 2.45) is 11.8 Å². The molecule has 3 unspecified atom stereocenters. The maximum atomic E-state index is 12.9. The molecule has 0 aliphatic heterocycles. The third kappa shape index (κ3) is 2.62. The Labute approximate surface area is 105 Å². The highest BCUT2D eigenvalue weighted by Crippen LogP contribution is 2.38. The average Bonchev–Trinajstić information content (AvgIpc) is 2.60. The van der Waals surface area contributed by atoms with Crippen LogP contribution in [-0.4, -0.2) is 6.04 Å². The number of nitrogens with one attached hydrogen (secondary N) is 1. The third-order valence-corrected chi connectivity index (χ3v) is 4.04. The summed E-state index contributed by atoms with van der Waals surface area (Å²) < 4.78 is 38.6. The lowest BCUT2D eigenvalue weighted by Crippen LogP contribution is -2.25. The molecule has 0 saturated heterocycles. The fraction of sp³-hybridized carbons (Fsp3) is 0.571. The van der Waals surface area contributed by atoms with Crippen molar-refractivity contribution in [1.82, 2.24) is 0 Å². The third-order valence-electron chi connectivity index (χ3n) is 4.04. The van der Waals surface area contributed by atoms with E-state index in [0.717, 1.165) is 18.9 Å². The van der Waals surface area contributed by atoms with E-state index in [0.29, 0.717) is 11.8 Å². The van der Waals surface area contributed by atoms with Gasteiger partial charge in [0.05, 0.1) is 5.56 Å². The standard InChI is InChI=1S/C14H18F3N/c1-9-7-8-12(10(9)2)18-13-6-4-3-5-11(13)14(15,16)17/h3-6,9-10,12,18H,7-8H2,1-2H3. The smallest absolute Gasteiger partial charge is 0.382 e. The van der Waals surface area contributed by atoms with Gasteiger partial charge in [-0.25, -0.2) is 0 Å². The number of anilines is 1. The first kappa shape index (κ1) is 13.2. The molecule has 1 N–H and O–H groups in total. The summed E-state index contributed by atoms with van der Waals surface area (Å²) in [6.07, 6.45) is -2.28. The normalized spacial score (nSPS) is 28.4. The topological polar surface area (TPSA) is 12.0 Å². The second kappa shape index (κ2) is 4.82. The van der Waals surface area contributed by atoms with E-state index in [-0.39, 0.29) is 11.7 Å². The van der Waals surface area contributed by atoms with Gasteiger partial charge in [0.1, 0.15) is 0 Å². The van der Waals surface area contributed by atoms with Crippen LogP contribution in [0.25, 0.3) is 0 Å². The number of alkyl halides is 3. The maximum Gasteiger partial charge on any atom is 0.418 e. The molecule has 0 spiro atoms. The van der Waals surface area contributed by atoms with Gasteiger partial charge < -0.3 is 5.32 Å². The Morgan fingerprint density at radius 3 is 2.33 bits per heavy atom. The average molecular weight is 257 g/mol. The molecular weight excluding hydrogens is 239 g/mol. The van der Waals surface area contributed by atoms with Crippen molar-refractivity contribution in [1.29, 1.82) is 0 Å². The Morgan fingerprint density at radius 1 is 1.11 bits per heavy atom. The Kier molecular flexibility index (Phi) is 3.55. The second-order valence-electron chi connectivity index (χ2n) is 5.21. The minimum atomic E-state index is -4.29. The molecule has 0 heterocycles. The molecule has 1 aromatic rings. The highest BCUT2D eigenvalue weighted by atomic mass is 19.4. The summed E-state index contributed by atoms with van der Waals surface area (Å²) in [6.45, 7) is 4.26. The van der Waals surface area contributed by atoms with Gasteiger partial charge in [-0.3, -0.25) is 0 Å². The molecule has 4 heteroatoms. The summed E-state index contributed by atoms with van der Waals surface area (Å²) in [5.74, 6) is 0.979. The van der Waals surface area contributed by atoms with Crippen LogP contribution in [0.3, 0.4) is 0 Å². The zero-order valence-electron chi connectivity index (χ0n) is 10.6. The highest BCUT2D eigenvalue weighted by molar-refractivity contribution is 5.53. The summed E-state index contributed by atoms with van der Waals surface area (Å²) in [6, 6.07) is 5.85. The van der Waals surface area contributed by atoms with Gasteiger partial charge >= 0.3 is 6.18 Å². The van der Waals surface area contributed by atoms with Gasteiger partial charge in [0.25, 0.3) is 0 Å². The number of para-hydroxylation sites is 1. The van der Waals surface area contributed by atoms with E-state index in [9.17, 15) is 13.2 Å². The number of rotatable bonds is 2. The monoisotopic (exact) mass is 257 g/mol. The van der Waals surface area contributed by atoms with Crippen molar-refractivity contribution in [3.05, 3.63) is 29.8 Å². The van der Waals surface area contributed by atoms with Crippen molar-refractivity contribution in [2.75, 3.05) is 5.32 Å². The first-order chi connectivity index (χ1) is 8.39. The number of hydrogen-bond acceptors (Lipinski definition) is 1. The van der Waals surface area contributed by atoms with E-state index in [2.05, 4.69) is 19.2 Å². The quantitative estimate of drug-likeness (QED) is 0.819. The first-order valence-corrected chi connectivity index (χ1v) is 6.32. The minimum absolute atomic E-state index is 0.142. The van der Waals surface area contributed by atoms with E-state index >= 15 is 0 Å². The van der Waals surface area contributed by atoms with Crippen molar-refractivity contribution in [3.8, 4) is 0 Å². The summed E-state index contributed by atoms with van der Waals surface area (Å²) in [4.78, 5) is 0. The van der Waals surface area contributed by atoms with E-state index in [4.69, 9.17) is 0 Å². The largest absolute Gasteiger partial charge is 0.418 e. The van der Waals surface area contributed by atoms with Gasteiger partial charge in [0.2, 0.25) is 0 Å². The molecule has 1 fully saturated rings. The molecule has 18 heavy (non-hydrogen) atoms. The summed E-state index contributed by atoms with van der Waals surface area (Å²) in [7, 11) is 0. The molecule has 0 bridgehead atoms. The summed E-state index contributed by atoms with van der Waals surface area (Å²) in [5.41, 5.74) is -0.368. The molecule has 1 aromatic carbocycles. The molecule has 0 radical (unpaired) electrons. The maximum absolute atomic E-state index is 12.9. The minimum Gasteiger partial charge on any atom is -0.382 e. The molecule has 100 valence electrons. The summed E-state index contributed by atoms with van der Waals surface area (Å²) >= 11 is 0. The molecule has 0 amide bonds. The predicted molar refractivity (Wildman–Crippen MR) is 66.4 cm³/mol. The van der Waals surface area contributed by atoms with Crippen LogP contribution in [0.5, 0.6) is 0 Å². The fourth-order valence-corrected chi connectivity index (χ4v) is 2.62. The molecule has 3 atom stereocenters. The van der Waals surface area contributed by atoms with E-state index < -0.39 is 11.7 Å². The highest BCUT2D eigenvalue weighted by Gasteiger charge is 2.35. The Bertz CT molecular complexity index is 414. The second-order valence-corrected chi connectivity index (χ2v) is 5.21. The number of hydrogen-bond donors (Lipinski definition) is 1. The van der Waals surface area contributed by atoms with E-state index in [1.165, 1.54) is 12.1 Å². The van der Waals surface area contributed by atoms with Crippen LogP contribution < -0.4 is 5.32 Å². The Morgan fingerprint density at radius 2 is 1.78 bits per heavy atom. The zero-order valence-corrected chi connectivity index (χ0v) is 10.6. The molecule has 0 aromatic heterocycles. The Hall–Kier alpha value is -1.19. The van der Waals surface area contributed by atoms with Gasteiger partial charge in [-0.1, -0.05) is 26.0 Å². The SMILES string of the molecule is CC1CCC(Nc2ccccc2C(F)(F)F)C1C. The lowest BCUT2D eigenvalue weighted by atomic mass is 9.97. The van der Waals surface area contributed by atoms with Crippen LogP contribution in [-0.2, 0) is 6.18 Å². The zero-order chi connectivity index (χ0) is 13.3. The molecule has 1 aliphatic carbocycles. The molecule has 1 aliphatic rings. The van der Waals surface area contributed by atoms with E-state index in [1.807, 2.05) is 0 Å². The van der Waals surface area contributed by atoms with Gasteiger partial charge in [-0.15, -0.1) is 0 Å². The van der Waals surface area contributed by atoms with Gasteiger partial charge in [0, 0.05) is 11.7 Å². The van der Waals surface area contributed by atoms with Gasteiger partial charge in [-0.2, -0.15) is 13.2 Å². The molecule has 1 saturated carbocycles. The van der Waals surface area contributed by atoms with Crippen molar-refractivity contribution >= 4 is 5.69 Å². The first-order valence-electron chi connectivity index (χ1n) is 6.32. The van der Waals surface area contributed by atoms with E-state index in [1.54, 1.807) is 6.07 Å². The molecular formula is C14H18F3N. The van der Waals surface area contributed by atoms with Crippen LogP contribution in [0.4, 0.5) is 18.9 Å². The van der Waals surface area contributed by atoms with Crippen LogP contribution in [0.1, 0.15) is 32.3 Å². The molecule has 2 rings (SSSR count). The Balaban J connectivity index is 2.20. The lowest BCUT2D eigenvalue weighted by molar-refractivity contribution is -0.137. The van der Waals surface area contributed by atoms with Crippen LogP contribution in [0.15, 0.2) is 24.3 Å². The molecule has 1 nitrogen and oxygen atoms in total. The lowest BCUT2D eigenvalue weighted by Gasteiger charge is -2.23. The van der Waals surface area contributed by atoms with Crippen molar-refractivity contribution in [3.63, 3.8) is 0 Å². The van der Waals surface area contributed by atoms with Crippen molar-refractivity contribution in [2.45, 2.75) is 38.9 Å². The number of halogens is 3. The van der Waals surface area contributed by atoms with Crippen LogP contribution in [0.2, 0.25) is 0 Å². The van der Waals surface area contributed by atoms with Gasteiger partial charge in [-0.05, 0) is 36.8 Å². The number of benzene rings is 1. The summed E-state index contributed by atoms with van der Waals surface area (Å²) in [5, 5.41) is 3.08. The van der Waals surface area contributed by atoms with Crippen LogP contribution in [0, 0.1) is 11.8 Å².